The highest BCUT2D eigenvalue weighted by atomic mass is 32.1. The standard InChI is InChI=1S/C90H55B2N5OS3/c1-5-26-56(27-6-1)93(57-28-7-2-8-29-57)60-50-75-89-76(51-60)96(72-42-24-48-84-87(72)63-35-14-21-45-81(63)100-84)69-39-18-16-37-65(69)91(89)67-54-68-78(55-74(67)95(75)59-32-11-4-12-33-59)98-79-53-61(94(58-30-9-3-10-31-58)71-41-23-47-83-86(71)62-34-13-20-44-80(62)99-83)52-77-90(79)92(68)66-38-17-19-40-70(66)97(77)73-43-25-49-85-88(73)64-36-15-22-46-82(64)101-85/h1-55H. The topological polar surface area (TPSA) is 25.4 Å². The van der Waals surface area contributed by atoms with Gasteiger partial charge < -0.3 is 29.2 Å². The minimum atomic E-state index is -0.234. The van der Waals surface area contributed by atoms with Crippen LogP contribution in [0.1, 0.15) is 0 Å². The average Bonchev–Trinajstić information content (AvgIpc) is 1.67. The largest absolute Gasteiger partial charge is 0.458 e. The van der Waals surface area contributed by atoms with Crippen LogP contribution in [0, 0.1) is 0 Å². The molecule has 101 heavy (non-hydrogen) atoms. The monoisotopic (exact) mass is 1340 g/mol. The van der Waals surface area contributed by atoms with Crippen LogP contribution in [0.4, 0.5) is 85.3 Å². The van der Waals surface area contributed by atoms with Gasteiger partial charge in [0.15, 0.2) is 0 Å². The summed E-state index contributed by atoms with van der Waals surface area (Å²) in [5.74, 6) is 1.65. The molecule has 0 saturated heterocycles. The predicted molar refractivity (Wildman–Crippen MR) is 434 cm³/mol. The van der Waals surface area contributed by atoms with Crippen molar-refractivity contribution in [1.29, 1.82) is 0 Å². The van der Waals surface area contributed by atoms with E-state index in [0.29, 0.717) is 0 Å². The van der Waals surface area contributed by atoms with Crippen LogP contribution >= 0.6 is 34.0 Å². The van der Waals surface area contributed by atoms with Gasteiger partial charge in [0.25, 0.3) is 13.4 Å². The summed E-state index contributed by atoms with van der Waals surface area (Å²) in [6.07, 6.45) is 0. The molecular weight excluding hydrogens is 1280 g/mol. The van der Waals surface area contributed by atoms with Gasteiger partial charge >= 0.3 is 0 Å². The van der Waals surface area contributed by atoms with E-state index in [-0.39, 0.29) is 13.4 Å². The lowest BCUT2D eigenvalue weighted by Crippen LogP contribution is -2.64. The van der Waals surface area contributed by atoms with E-state index in [9.17, 15) is 0 Å². The van der Waals surface area contributed by atoms with Crippen LogP contribution in [0.25, 0.3) is 60.5 Å². The van der Waals surface area contributed by atoms with Crippen molar-refractivity contribution >= 4 is 226 Å². The minimum Gasteiger partial charge on any atom is -0.458 e. The van der Waals surface area contributed by atoms with Gasteiger partial charge in [0, 0.05) is 130 Å². The molecule has 0 radical (unpaired) electrons. The Balaban J connectivity index is 0.833. The molecule has 0 bridgehead atoms. The molecule has 0 amide bonds. The number of para-hydroxylation sites is 6. The van der Waals surface area contributed by atoms with Gasteiger partial charge in [0.1, 0.15) is 11.5 Å². The molecule has 11 heteroatoms. The zero-order valence-electron chi connectivity index (χ0n) is 54.3. The van der Waals surface area contributed by atoms with Gasteiger partial charge in [-0.25, -0.2) is 0 Å². The van der Waals surface area contributed by atoms with Crippen molar-refractivity contribution in [3.05, 3.63) is 334 Å². The van der Waals surface area contributed by atoms with E-state index in [4.69, 9.17) is 4.74 Å². The Bertz CT molecular complexity index is 6420. The number of hydrogen-bond acceptors (Lipinski definition) is 9. The zero-order chi connectivity index (χ0) is 66.0. The van der Waals surface area contributed by atoms with Crippen molar-refractivity contribution in [2.75, 3.05) is 24.5 Å². The number of ether oxygens (including phenoxy) is 1. The van der Waals surface area contributed by atoms with Crippen LogP contribution < -0.4 is 62.0 Å². The van der Waals surface area contributed by atoms with Crippen molar-refractivity contribution in [3.63, 3.8) is 0 Å². The summed E-state index contributed by atoms with van der Waals surface area (Å²) < 4.78 is 15.6. The molecular formula is C90H55B2N5OS3. The minimum absolute atomic E-state index is 0.208. The number of rotatable bonds is 9. The molecule has 22 rings (SSSR count). The van der Waals surface area contributed by atoms with E-state index in [1.165, 1.54) is 82.4 Å². The zero-order valence-corrected chi connectivity index (χ0v) is 56.7. The summed E-state index contributed by atoms with van der Waals surface area (Å²) in [5.41, 5.74) is 23.5. The highest BCUT2D eigenvalue weighted by Crippen LogP contribution is 2.55. The third kappa shape index (κ3) is 8.46. The fraction of sp³-hybridized carbons (Fsp3) is 0. The molecule has 0 spiro atoms. The Kier molecular flexibility index (Phi) is 12.5. The van der Waals surface area contributed by atoms with Crippen molar-refractivity contribution in [3.8, 4) is 11.5 Å². The molecule has 0 aliphatic carbocycles. The average molecular weight is 1340 g/mol. The van der Waals surface area contributed by atoms with Gasteiger partial charge in [-0.2, -0.15) is 0 Å². The quantitative estimate of drug-likeness (QED) is 0.134. The maximum Gasteiger partial charge on any atom is 0.256 e. The molecule has 0 unspecified atom stereocenters. The smallest absolute Gasteiger partial charge is 0.256 e. The Hall–Kier alpha value is -12.1. The van der Waals surface area contributed by atoms with Crippen molar-refractivity contribution < 1.29 is 4.74 Å². The number of fused-ring (bicyclic) bond motifs is 17. The third-order valence-corrected chi connectivity index (χ3v) is 24.6. The number of thiophene rings is 3. The Morgan fingerprint density at radius 2 is 0.653 bits per heavy atom. The number of hydrogen-bond donors (Lipinski definition) is 0. The van der Waals surface area contributed by atoms with Gasteiger partial charge in [-0.1, -0.05) is 188 Å². The van der Waals surface area contributed by atoms with E-state index >= 15 is 0 Å². The van der Waals surface area contributed by atoms with Crippen LogP contribution in [-0.4, -0.2) is 13.4 Å². The highest BCUT2D eigenvalue weighted by molar-refractivity contribution is 7.26. The summed E-state index contributed by atoms with van der Waals surface area (Å²) in [4.78, 5) is 12.6. The lowest BCUT2D eigenvalue weighted by atomic mass is 9.30. The maximum atomic E-state index is 8.02. The molecule has 7 heterocycles. The molecule has 0 fully saturated rings. The second-order valence-corrected chi connectivity index (χ2v) is 29.8. The second kappa shape index (κ2) is 22.2. The summed E-state index contributed by atoms with van der Waals surface area (Å²) >= 11 is 5.57. The van der Waals surface area contributed by atoms with Crippen LogP contribution in [-0.2, 0) is 0 Å². The van der Waals surface area contributed by atoms with E-state index in [2.05, 4.69) is 358 Å². The highest BCUT2D eigenvalue weighted by Gasteiger charge is 2.49. The van der Waals surface area contributed by atoms with Crippen LogP contribution in [0.2, 0.25) is 0 Å². The van der Waals surface area contributed by atoms with Gasteiger partial charge in [-0.3, -0.25) is 0 Å². The first-order valence-electron chi connectivity index (χ1n) is 34.4. The lowest BCUT2D eigenvalue weighted by Gasteiger charge is -2.46. The number of benzene rings is 15. The first kappa shape index (κ1) is 56.9. The fourth-order valence-corrected chi connectivity index (χ4v) is 20.6. The van der Waals surface area contributed by atoms with Crippen molar-refractivity contribution in [2.45, 2.75) is 0 Å². The summed E-state index contributed by atoms with van der Waals surface area (Å²) in [7, 11) is 0. The Morgan fingerprint density at radius 1 is 0.248 bits per heavy atom. The van der Waals surface area contributed by atoms with Gasteiger partial charge in [0.05, 0.1) is 28.4 Å². The molecule has 15 aromatic carbocycles. The van der Waals surface area contributed by atoms with Crippen molar-refractivity contribution in [2.24, 2.45) is 0 Å². The van der Waals surface area contributed by atoms with E-state index in [1.807, 2.05) is 34.0 Å². The fourth-order valence-electron chi connectivity index (χ4n) is 17.2. The van der Waals surface area contributed by atoms with Crippen LogP contribution in [0.3, 0.4) is 0 Å². The SMILES string of the molecule is c1ccc(N(c2ccccc2)c2cc3c4c(c2)N(c2cccc5sc6ccccc6c25)c2ccccc2B4c2cc4c(cc2N3c2ccccc2)Oc2cc(N(c3ccccc3)c3cccc5sc6ccccc6c35)cc3c2B4c2ccccc2N3c2cccc3sc4ccccc4c23)cc1. The first-order valence-corrected chi connectivity index (χ1v) is 36.9. The molecule has 6 nitrogen and oxygen atoms in total. The molecule has 0 saturated carbocycles. The summed E-state index contributed by atoms with van der Waals surface area (Å²) in [5, 5.41) is 7.46. The molecule has 0 atom stereocenters. The maximum absolute atomic E-state index is 8.02. The van der Waals surface area contributed by atoms with Gasteiger partial charge in [-0.05, 0) is 166 Å². The van der Waals surface area contributed by atoms with Crippen molar-refractivity contribution in [1.82, 2.24) is 0 Å². The van der Waals surface area contributed by atoms with E-state index < -0.39 is 0 Å². The van der Waals surface area contributed by atoms with E-state index in [0.717, 1.165) is 108 Å². The predicted octanol–water partition coefficient (Wildman–Crippen LogP) is 22.2. The molecule has 0 N–H and O–H groups in total. The van der Waals surface area contributed by atoms with Gasteiger partial charge in [-0.15, -0.1) is 34.0 Å². The molecule has 4 aliphatic heterocycles. The second-order valence-electron chi connectivity index (χ2n) is 26.6. The molecule has 3 aromatic heterocycles. The summed E-state index contributed by atoms with van der Waals surface area (Å²) in [6.45, 7) is -0.442. The number of nitrogens with zero attached hydrogens (tertiary/aromatic N) is 5. The third-order valence-electron chi connectivity index (χ3n) is 21.2. The molecule has 470 valence electrons. The normalized spacial score (nSPS) is 13.1. The first-order chi connectivity index (χ1) is 50.1. The van der Waals surface area contributed by atoms with Gasteiger partial charge in [0.2, 0.25) is 0 Å². The molecule has 4 aliphatic rings. The Morgan fingerprint density at radius 3 is 1.21 bits per heavy atom. The van der Waals surface area contributed by atoms with E-state index in [1.54, 1.807) is 0 Å². The number of anilines is 15. The van der Waals surface area contributed by atoms with Crippen LogP contribution in [0.5, 0.6) is 11.5 Å². The Labute approximate surface area is 596 Å². The summed E-state index contributed by atoms with van der Waals surface area (Å²) in [6, 6.07) is 124. The van der Waals surface area contributed by atoms with Crippen LogP contribution in [0.15, 0.2) is 334 Å². The lowest BCUT2D eigenvalue weighted by molar-refractivity contribution is 0.488. The molecule has 18 aromatic rings.